The van der Waals surface area contributed by atoms with E-state index in [-0.39, 0.29) is 6.10 Å². The summed E-state index contributed by atoms with van der Waals surface area (Å²) in [6.07, 6.45) is 4.23. The number of thiophene rings is 1. The Balaban J connectivity index is 2.01. The van der Waals surface area contributed by atoms with Gasteiger partial charge in [0.15, 0.2) is 0 Å². The minimum Gasteiger partial charge on any atom is -0.393 e. The summed E-state index contributed by atoms with van der Waals surface area (Å²) in [5, 5.41) is 11.6. The Morgan fingerprint density at radius 2 is 2.54 bits per heavy atom. The highest BCUT2D eigenvalue weighted by atomic mass is 32.1. The van der Waals surface area contributed by atoms with E-state index in [1.54, 1.807) is 0 Å². The first-order valence-electron chi connectivity index (χ1n) is 4.88. The molecule has 1 nitrogen and oxygen atoms in total. The highest BCUT2D eigenvalue weighted by Gasteiger charge is 2.34. The zero-order chi connectivity index (χ0) is 9.31. The molecule has 0 bridgehead atoms. The number of aliphatic hydroxyl groups excluding tert-OH is 1. The summed E-state index contributed by atoms with van der Waals surface area (Å²) >= 11 is 1.83. The SMILES string of the molecule is CC1(Cc2cccs2)CCC(O)C1. The molecule has 1 aliphatic carbocycles. The molecular weight excluding hydrogens is 180 g/mol. The molecule has 1 aliphatic rings. The van der Waals surface area contributed by atoms with E-state index in [0.717, 1.165) is 19.3 Å². The molecule has 1 N–H and O–H groups in total. The van der Waals surface area contributed by atoms with E-state index in [9.17, 15) is 5.11 Å². The summed E-state index contributed by atoms with van der Waals surface area (Å²) in [7, 11) is 0. The highest BCUT2D eigenvalue weighted by molar-refractivity contribution is 7.09. The molecule has 0 radical (unpaired) electrons. The molecule has 1 saturated carbocycles. The van der Waals surface area contributed by atoms with Gasteiger partial charge < -0.3 is 5.11 Å². The highest BCUT2D eigenvalue weighted by Crippen LogP contribution is 2.41. The minimum atomic E-state index is -0.0510. The third-order valence-corrected chi connectivity index (χ3v) is 3.87. The van der Waals surface area contributed by atoms with Crippen molar-refractivity contribution in [2.75, 3.05) is 0 Å². The molecule has 0 aliphatic heterocycles. The van der Waals surface area contributed by atoms with Crippen molar-refractivity contribution >= 4 is 11.3 Å². The van der Waals surface area contributed by atoms with Gasteiger partial charge in [-0.05, 0) is 42.5 Å². The van der Waals surface area contributed by atoms with Gasteiger partial charge >= 0.3 is 0 Å². The molecule has 72 valence electrons. The largest absolute Gasteiger partial charge is 0.393 e. The van der Waals surface area contributed by atoms with Gasteiger partial charge in [-0.15, -0.1) is 11.3 Å². The quantitative estimate of drug-likeness (QED) is 0.771. The average molecular weight is 196 g/mol. The fourth-order valence-corrected chi connectivity index (χ4v) is 3.20. The van der Waals surface area contributed by atoms with Crippen LogP contribution in [0.1, 0.15) is 31.1 Å². The minimum absolute atomic E-state index is 0.0510. The van der Waals surface area contributed by atoms with E-state index in [1.807, 2.05) is 11.3 Å². The van der Waals surface area contributed by atoms with Crippen molar-refractivity contribution in [1.82, 2.24) is 0 Å². The van der Waals surface area contributed by atoms with Crippen molar-refractivity contribution in [2.24, 2.45) is 5.41 Å². The molecule has 2 atom stereocenters. The van der Waals surface area contributed by atoms with Crippen LogP contribution in [0.5, 0.6) is 0 Å². The molecule has 2 unspecified atom stereocenters. The second kappa shape index (κ2) is 3.43. The van der Waals surface area contributed by atoms with E-state index in [4.69, 9.17) is 0 Å². The Morgan fingerprint density at radius 1 is 1.69 bits per heavy atom. The van der Waals surface area contributed by atoms with Crippen molar-refractivity contribution < 1.29 is 5.11 Å². The van der Waals surface area contributed by atoms with Crippen molar-refractivity contribution in [1.29, 1.82) is 0 Å². The zero-order valence-corrected chi connectivity index (χ0v) is 8.81. The van der Waals surface area contributed by atoms with Crippen LogP contribution < -0.4 is 0 Å². The Labute approximate surface area is 83.4 Å². The fourth-order valence-electron chi connectivity index (χ4n) is 2.28. The summed E-state index contributed by atoms with van der Waals surface area (Å²) in [6, 6.07) is 4.30. The molecule has 2 heteroatoms. The summed E-state index contributed by atoms with van der Waals surface area (Å²) < 4.78 is 0. The lowest BCUT2D eigenvalue weighted by Gasteiger charge is -2.22. The third-order valence-electron chi connectivity index (χ3n) is 2.99. The van der Waals surface area contributed by atoms with Crippen molar-refractivity contribution in [3.8, 4) is 0 Å². The number of rotatable bonds is 2. The monoisotopic (exact) mass is 196 g/mol. The number of hydrogen-bond donors (Lipinski definition) is 1. The Bertz CT molecular complexity index is 268. The van der Waals surface area contributed by atoms with Crippen LogP contribution in [0.4, 0.5) is 0 Å². The van der Waals surface area contributed by atoms with Crippen LogP contribution in [-0.4, -0.2) is 11.2 Å². The van der Waals surface area contributed by atoms with E-state index < -0.39 is 0 Å². The Kier molecular flexibility index (Phi) is 2.43. The molecule has 13 heavy (non-hydrogen) atoms. The molecule has 0 aromatic carbocycles. The van der Waals surface area contributed by atoms with Crippen molar-refractivity contribution in [3.63, 3.8) is 0 Å². The molecule has 0 saturated heterocycles. The summed E-state index contributed by atoms with van der Waals surface area (Å²) in [6.45, 7) is 2.29. The molecular formula is C11H16OS. The average Bonchev–Trinajstić information content (AvgIpc) is 2.62. The zero-order valence-electron chi connectivity index (χ0n) is 7.99. The van der Waals surface area contributed by atoms with E-state index in [0.29, 0.717) is 5.41 Å². The third kappa shape index (κ3) is 2.12. The van der Waals surface area contributed by atoms with Crippen molar-refractivity contribution in [3.05, 3.63) is 22.4 Å². The van der Waals surface area contributed by atoms with Crippen LogP contribution in [0.3, 0.4) is 0 Å². The fraction of sp³-hybridized carbons (Fsp3) is 0.636. The first-order valence-corrected chi connectivity index (χ1v) is 5.76. The molecule has 0 spiro atoms. The standard InChI is InChI=1S/C11H16OS/c1-11(5-4-9(12)7-11)8-10-3-2-6-13-10/h2-3,6,9,12H,4-5,7-8H2,1H3. The summed E-state index contributed by atoms with van der Waals surface area (Å²) in [5.41, 5.74) is 0.351. The van der Waals surface area contributed by atoms with Gasteiger partial charge in [-0.3, -0.25) is 0 Å². The summed E-state index contributed by atoms with van der Waals surface area (Å²) in [4.78, 5) is 1.46. The first kappa shape index (κ1) is 9.22. The maximum atomic E-state index is 9.50. The van der Waals surface area contributed by atoms with Crippen LogP contribution in [0.25, 0.3) is 0 Å². The maximum Gasteiger partial charge on any atom is 0.0545 e. The van der Waals surface area contributed by atoms with Gasteiger partial charge in [-0.2, -0.15) is 0 Å². The molecule has 1 heterocycles. The van der Waals surface area contributed by atoms with Gasteiger partial charge in [0.25, 0.3) is 0 Å². The Hall–Kier alpha value is -0.340. The lowest BCUT2D eigenvalue weighted by Crippen LogP contribution is -2.15. The van der Waals surface area contributed by atoms with Gasteiger partial charge in [-0.25, -0.2) is 0 Å². The number of aliphatic hydroxyl groups is 1. The molecule has 1 fully saturated rings. The Morgan fingerprint density at radius 3 is 3.08 bits per heavy atom. The van der Waals surface area contributed by atoms with Crippen LogP contribution in [0, 0.1) is 5.41 Å². The predicted molar refractivity (Wildman–Crippen MR) is 56.0 cm³/mol. The lowest BCUT2D eigenvalue weighted by atomic mass is 9.84. The van der Waals surface area contributed by atoms with Gasteiger partial charge in [-0.1, -0.05) is 13.0 Å². The lowest BCUT2D eigenvalue weighted by molar-refractivity contribution is 0.164. The smallest absolute Gasteiger partial charge is 0.0545 e. The number of hydrogen-bond acceptors (Lipinski definition) is 2. The van der Waals surface area contributed by atoms with Crippen LogP contribution >= 0.6 is 11.3 Å². The maximum absolute atomic E-state index is 9.50. The van der Waals surface area contributed by atoms with E-state index >= 15 is 0 Å². The molecule has 1 aromatic rings. The second-order valence-corrected chi connectivity index (χ2v) is 5.50. The van der Waals surface area contributed by atoms with Gasteiger partial charge in [0.1, 0.15) is 0 Å². The van der Waals surface area contributed by atoms with Gasteiger partial charge in [0, 0.05) is 4.88 Å². The predicted octanol–water partition coefficient (Wildman–Crippen LogP) is 2.84. The normalized spacial score (nSPS) is 33.8. The first-order chi connectivity index (χ1) is 6.18. The second-order valence-electron chi connectivity index (χ2n) is 4.46. The summed E-state index contributed by atoms with van der Waals surface area (Å²) in [5.74, 6) is 0. The van der Waals surface area contributed by atoms with Gasteiger partial charge in [0.2, 0.25) is 0 Å². The van der Waals surface area contributed by atoms with Crippen LogP contribution in [0.2, 0.25) is 0 Å². The van der Waals surface area contributed by atoms with Crippen LogP contribution in [0.15, 0.2) is 17.5 Å². The van der Waals surface area contributed by atoms with E-state index in [1.165, 1.54) is 11.3 Å². The van der Waals surface area contributed by atoms with Crippen molar-refractivity contribution in [2.45, 2.75) is 38.7 Å². The van der Waals surface area contributed by atoms with Crippen LogP contribution in [-0.2, 0) is 6.42 Å². The molecule has 1 aromatic heterocycles. The molecule has 2 rings (SSSR count). The van der Waals surface area contributed by atoms with E-state index in [2.05, 4.69) is 24.4 Å². The topological polar surface area (TPSA) is 20.2 Å². The molecule has 0 amide bonds. The van der Waals surface area contributed by atoms with Gasteiger partial charge in [0.05, 0.1) is 6.10 Å².